The molecule has 1 amide bonds. The lowest BCUT2D eigenvalue weighted by molar-refractivity contribution is 0.0951. The lowest BCUT2D eigenvalue weighted by Gasteiger charge is -2.06. The number of rotatable bonds is 6. The lowest BCUT2D eigenvalue weighted by atomic mass is 10.1. The van der Waals surface area contributed by atoms with Crippen molar-refractivity contribution >= 4 is 22.2 Å². The number of aromatic nitrogens is 4. The van der Waals surface area contributed by atoms with Crippen LogP contribution >= 0.6 is 11.3 Å². The molecule has 2 aromatic carbocycles. The molecule has 0 unspecified atom stereocenters. The molecule has 0 aliphatic rings. The highest BCUT2D eigenvalue weighted by Crippen LogP contribution is 2.26. The van der Waals surface area contributed by atoms with Crippen LogP contribution < -0.4 is 5.32 Å². The van der Waals surface area contributed by atoms with Crippen molar-refractivity contribution in [2.24, 2.45) is 0 Å². The zero-order chi connectivity index (χ0) is 19.5. The summed E-state index contributed by atoms with van der Waals surface area (Å²) in [7, 11) is 0. The molecule has 7 heteroatoms. The van der Waals surface area contributed by atoms with Crippen LogP contribution in [0, 0.1) is 6.92 Å². The molecule has 142 valence electrons. The Balaban J connectivity index is 1.43. The molecule has 0 spiro atoms. The molecule has 0 saturated carbocycles. The second-order valence-corrected chi connectivity index (χ2v) is 7.67. The molecule has 4 rings (SSSR count). The second-order valence-electron chi connectivity index (χ2n) is 6.71. The van der Waals surface area contributed by atoms with E-state index in [2.05, 4.69) is 27.5 Å². The van der Waals surface area contributed by atoms with Gasteiger partial charge >= 0.3 is 0 Å². The van der Waals surface area contributed by atoms with E-state index in [0.29, 0.717) is 12.1 Å². The van der Waals surface area contributed by atoms with Gasteiger partial charge in [0, 0.05) is 24.1 Å². The van der Waals surface area contributed by atoms with Crippen molar-refractivity contribution in [3.05, 3.63) is 71.0 Å². The minimum atomic E-state index is -0.0684. The number of carbonyl (C=O) groups is 1. The summed E-state index contributed by atoms with van der Waals surface area (Å²) in [4.78, 5) is 13.1. The quantitative estimate of drug-likeness (QED) is 0.538. The van der Waals surface area contributed by atoms with Gasteiger partial charge in [0.15, 0.2) is 5.82 Å². The molecule has 0 aliphatic carbocycles. The van der Waals surface area contributed by atoms with Crippen molar-refractivity contribution in [1.82, 2.24) is 25.1 Å². The molecule has 0 aliphatic heterocycles. The number of nitrogens with one attached hydrogen (secondary N) is 1. The van der Waals surface area contributed by atoms with Gasteiger partial charge in [-0.3, -0.25) is 4.79 Å². The number of aryl methyl sites for hydroxylation is 2. The molecule has 6 nitrogen and oxygen atoms in total. The van der Waals surface area contributed by atoms with Crippen LogP contribution in [-0.4, -0.2) is 25.7 Å². The fourth-order valence-electron chi connectivity index (χ4n) is 2.91. The number of benzene rings is 2. The van der Waals surface area contributed by atoms with Gasteiger partial charge in [-0.15, -0.1) is 10.2 Å². The molecule has 1 N–H and O–H groups in total. The highest BCUT2D eigenvalue weighted by Gasteiger charge is 2.12. The standard InChI is InChI=1S/C21H21N5OS/c1-3-4-18-23-24-21-26(18)25-20(28-21)17-11-7-15(8-12-17)13-22-19(27)16-9-5-14(2)6-10-16/h5-12H,3-4,13H2,1-2H3,(H,22,27). The molecule has 2 heterocycles. The first-order valence-electron chi connectivity index (χ1n) is 9.29. The first kappa shape index (κ1) is 18.3. The highest BCUT2D eigenvalue weighted by atomic mass is 32.1. The van der Waals surface area contributed by atoms with E-state index < -0.39 is 0 Å². The van der Waals surface area contributed by atoms with E-state index in [1.807, 2.05) is 60.0 Å². The molecule has 28 heavy (non-hydrogen) atoms. The second kappa shape index (κ2) is 7.90. The molecular weight excluding hydrogens is 370 g/mol. The lowest BCUT2D eigenvalue weighted by Crippen LogP contribution is -2.22. The summed E-state index contributed by atoms with van der Waals surface area (Å²) in [5.41, 5.74) is 3.88. The topological polar surface area (TPSA) is 72.2 Å². The van der Waals surface area contributed by atoms with Crippen LogP contribution in [0.15, 0.2) is 48.5 Å². The van der Waals surface area contributed by atoms with Crippen LogP contribution in [-0.2, 0) is 13.0 Å². The van der Waals surface area contributed by atoms with Crippen LogP contribution in [0.25, 0.3) is 15.5 Å². The van der Waals surface area contributed by atoms with Gasteiger partial charge in [-0.05, 0) is 31.0 Å². The first-order valence-corrected chi connectivity index (χ1v) is 10.1. The van der Waals surface area contributed by atoms with Gasteiger partial charge in [-0.25, -0.2) is 0 Å². The van der Waals surface area contributed by atoms with E-state index in [0.717, 1.165) is 45.3 Å². The van der Waals surface area contributed by atoms with Gasteiger partial charge in [0.05, 0.1) is 0 Å². The van der Waals surface area contributed by atoms with Crippen molar-refractivity contribution < 1.29 is 4.79 Å². The third-order valence-corrected chi connectivity index (χ3v) is 5.44. The fourth-order valence-corrected chi connectivity index (χ4v) is 3.77. The summed E-state index contributed by atoms with van der Waals surface area (Å²) in [5, 5.41) is 16.9. The van der Waals surface area contributed by atoms with E-state index in [1.165, 1.54) is 11.3 Å². The summed E-state index contributed by atoms with van der Waals surface area (Å²) in [5.74, 6) is 0.830. The van der Waals surface area contributed by atoms with E-state index in [1.54, 1.807) is 0 Å². The number of amides is 1. The van der Waals surface area contributed by atoms with Crippen molar-refractivity contribution in [3.8, 4) is 10.6 Å². The zero-order valence-corrected chi connectivity index (χ0v) is 16.7. The number of hydrogen-bond acceptors (Lipinski definition) is 5. The Kier molecular flexibility index (Phi) is 5.16. The van der Waals surface area contributed by atoms with Crippen molar-refractivity contribution in [3.63, 3.8) is 0 Å². The van der Waals surface area contributed by atoms with Gasteiger partial charge in [0.2, 0.25) is 4.96 Å². The fraction of sp³-hybridized carbons (Fsp3) is 0.238. The average molecular weight is 392 g/mol. The normalized spacial score (nSPS) is 11.1. The van der Waals surface area contributed by atoms with Crippen LogP contribution in [0.3, 0.4) is 0 Å². The Morgan fingerprint density at radius 2 is 1.82 bits per heavy atom. The molecule has 0 bridgehead atoms. The Hall–Kier alpha value is -3.06. The molecule has 0 atom stereocenters. The van der Waals surface area contributed by atoms with E-state index in [-0.39, 0.29) is 5.91 Å². The minimum absolute atomic E-state index is 0.0684. The molecule has 4 aromatic rings. The van der Waals surface area contributed by atoms with Gasteiger partial charge in [-0.2, -0.15) is 9.61 Å². The highest BCUT2D eigenvalue weighted by molar-refractivity contribution is 7.19. The molecule has 0 radical (unpaired) electrons. The first-order chi connectivity index (χ1) is 13.6. The van der Waals surface area contributed by atoms with Gasteiger partial charge < -0.3 is 5.32 Å². The number of hydrogen-bond donors (Lipinski definition) is 1. The molecule has 0 fully saturated rings. The van der Waals surface area contributed by atoms with Crippen LogP contribution in [0.5, 0.6) is 0 Å². The van der Waals surface area contributed by atoms with E-state index in [9.17, 15) is 4.79 Å². The molecular formula is C21H21N5OS. The van der Waals surface area contributed by atoms with E-state index >= 15 is 0 Å². The Morgan fingerprint density at radius 3 is 2.54 bits per heavy atom. The summed E-state index contributed by atoms with van der Waals surface area (Å²) >= 11 is 1.53. The predicted octanol–water partition coefficient (Wildman–Crippen LogP) is 4.04. The number of nitrogens with zero attached hydrogens (tertiary/aromatic N) is 4. The maximum absolute atomic E-state index is 12.2. The molecule has 2 aromatic heterocycles. The largest absolute Gasteiger partial charge is 0.348 e. The SMILES string of the molecule is CCCc1nnc2sc(-c3ccc(CNC(=O)c4ccc(C)cc4)cc3)nn12. The number of fused-ring (bicyclic) bond motifs is 1. The summed E-state index contributed by atoms with van der Waals surface area (Å²) in [6.07, 6.45) is 1.88. The minimum Gasteiger partial charge on any atom is -0.348 e. The van der Waals surface area contributed by atoms with Gasteiger partial charge in [-0.1, -0.05) is 60.2 Å². The van der Waals surface area contributed by atoms with Gasteiger partial charge in [0.1, 0.15) is 5.01 Å². The Bertz CT molecular complexity index is 1100. The summed E-state index contributed by atoms with van der Waals surface area (Å²) in [6, 6.07) is 15.6. The van der Waals surface area contributed by atoms with Crippen LogP contribution in [0.2, 0.25) is 0 Å². The summed E-state index contributed by atoms with van der Waals surface area (Å²) < 4.78 is 1.83. The van der Waals surface area contributed by atoms with Crippen LogP contribution in [0.4, 0.5) is 0 Å². The van der Waals surface area contributed by atoms with E-state index in [4.69, 9.17) is 0 Å². The third kappa shape index (κ3) is 3.80. The monoisotopic (exact) mass is 391 g/mol. The van der Waals surface area contributed by atoms with Crippen molar-refractivity contribution in [2.45, 2.75) is 33.2 Å². The maximum atomic E-state index is 12.2. The average Bonchev–Trinajstić information content (AvgIpc) is 3.29. The van der Waals surface area contributed by atoms with Crippen molar-refractivity contribution in [2.75, 3.05) is 0 Å². The smallest absolute Gasteiger partial charge is 0.251 e. The van der Waals surface area contributed by atoms with Crippen molar-refractivity contribution in [1.29, 1.82) is 0 Å². The number of carbonyl (C=O) groups excluding carboxylic acids is 1. The van der Waals surface area contributed by atoms with Gasteiger partial charge in [0.25, 0.3) is 5.91 Å². The molecule has 0 saturated heterocycles. The maximum Gasteiger partial charge on any atom is 0.251 e. The Labute approximate surface area is 167 Å². The zero-order valence-electron chi connectivity index (χ0n) is 15.8. The third-order valence-electron chi connectivity index (χ3n) is 4.50. The summed E-state index contributed by atoms with van der Waals surface area (Å²) in [6.45, 7) is 4.60. The van der Waals surface area contributed by atoms with Crippen LogP contribution in [0.1, 0.15) is 40.7 Å². The Morgan fingerprint density at radius 1 is 1.07 bits per heavy atom. The predicted molar refractivity (Wildman–Crippen MR) is 110 cm³/mol.